The van der Waals surface area contributed by atoms with Crippen molar-refractivity contribution in [1.82, 2.24) is 4.98 Å². The van der Waals surface area contributed by atoms with Crippen LogP contribution in [0.2, 0.25) is 0 Å². The third kappa shape index (κ3) is 3.65. The molecule has 1 N–H and O–H groups in total. The van der Waals surface area contributed by atoms with Gasteiger partial charge in [-0.3, -0.25) is 20.2 Å². The lowest BCUT2D eigenvalue weighted by Gasteiger charge is -2.28. The molecule has 1 aromatic heterocycles. The zero-order valence-electron chi connectivity index (χ0n) is 14.9. The fraction of sp³-hybridized carbons (Fsp3) is 0.263. The van der Waals surface area contributed by atoms with Gasteiger partial charge >= 0.3 is 0 Å². The van der Waals surface area contributed by atoms with Gasteiger partial charge in [0.05, 0.1) is 15.1 Å². The maximum Gasteiger partial charge on any atom is 0.293 e. The Morgan fingerprint density at radius 3 is 2.71 bits per heavy atom. The van der Waals surface area contributed by atoms with Crippen molar-refractivity contribution in [3.8, 4) is 0 Å². The molecule has 3 aromatic rings. The standard InChI is InChI=1S/C19H17FN4O3S/c20-13-5-6-14-17(11-13)28-19(21-14)22-18(25)12-4-7-15(16(10-12)24(26)27)23-8-2-1-3-9-23/h4-7,10-11H,1-3,8-9H2,(H,21,22,25). The van der Waals surface area contributed by atoms with E-state index in [2.05, 4.69) is 10.3 Å². The summed E-state index contributed by atoms with van der Waals surface area (Å²) in [5.74, 6) is -0.870. The number of halogens is 1. The number of hydrogen-bond acceptors (Lipinski definition) is 6. The van der Waals surface area contributed by atoms with Crippen LogP contribution in [-0.4, -0.2) is 28.9 Å². The van der Waals surface area contributed by atoms with Gasteiger partial charge in [-0.2, -0.15) is 0 Å². The second-order valence-electron chi connectivity index (χ2n) is 6.59. The van der Waals surface area contributed by atoms with Crippen LogP contribution in [0.15, 0.2) is 36.4 Å². The number of amides is 1. The molecule has 1 amide bonds. The molecule has 9 heteroatoms. The van der Waals surface area contributed by atoms with Crippen molar-refractivity contribution >= 4 is 44.0 Å². The number of nitrogens with zero attached hydrogens (tertiary/aromatic N) is 3. The highest BCUT2D eigenvalue weighted by molar-refractivity contribution is 7.22. The second kappa shape index (κ2) is 7.51. The monoisotopic (exact) mass is 400 g/mol. The van der Waals surface area contributed by atoms with E-state index in [1.165, 1.54) is 24.3 Å². The molecule has 1 saturated heterocycles. The first-order chi connectivity index (χ1) is 13.5. The Bertz CT molecular complexity index is 1060. The second-order valence-corrected chi connectivity index (χ2v) is 7.62. The van der Waals surface area contributed by atoms with Gasteiger partial charge in [0.15, 0.2) is 5.13 Å². The zero-order valence-corrected chi connectivity index (χ0v) is 15.7. The molecule has 0 aliphatic carbocycles. The molecule has 0 radical (unpaired) electrons. The summed E-state index contributed by atoms with van der Waals surface area (Å²) in [6.45, 7) is 1.54. The summed E-state index contributed by atoms with van der Waals surface area (Å²) in [5, 5.41) is 14.5. The number of carbonyl (C=O) groups is 1. The van der Waals surface area contributed by atoms with E-state index in [0.29, 0.717) is 21.0 Å². The van der Waals surface area contributed by atoms with Gasteiger partial charge < -0.3 is 4.90 Å². The molecule has 0 bridgehead atoms. The summed E-state index contributed by atoms with van der Waals surface area (Å²) >= 11 is 1.15. The number of aromatic nitrogens is 1. The van der Waals surface area contributed by atoms with Crippen LogP contribution in [0.4, 0.5) is 20.9 Å². The van der Waals surface area contributed by atoms with Crippen molar-refractivity contribution in [2.75, 3.05) is 23.3 Å². The number of nitrogens with one attached hydrogen (secondary N) is 1. The first kappa shape index (κ1) is 18.3. The number of nitro benzene ring substituents is 1. The predicted octanol–water partition coefficient (Wildman–Crippen LogP) is 4.59. The molecular formula is C19H17FN4O3S. The maximum absolute atomic E-state index is 13.3. The first-order valence-electron chi connectivity index (χ1n) is 8.92. The fourth-order valence-electron chi connectivity index (χ4n) is 3.33. The Balaban J connectivity index is 1.59. The molecule has 1 fully saturated rings. The molecule has 28 heavy (non-hydrogen) atoms. The summed E-state index contributed by atoms with van der Waals surface area (Å²) in [7, 11) is 0. The first-order valence-corrected chi connectivity index (χ1v) is 9.74. The largest absolute Gasteiger partial charge is 0.366 e. The lowest BCUT2D eigenvalue weighted by Crippen LogP contribution is -2.30. The molecule has 0 spiro atoms. The Labute approximate surface area is 164 Å². The summed E-state index contributed by atoms with van der Waals surface area (Å²) < 4.78 is 13.9. The van der Waals surface area contributed by atoms with E-state index in [9.17, 15) is 19.3 Å². The van der Waals surface area contributed by atoms with Gasteiger partial charge in [0.25, 0.3) is 11.6 Å². The normalized spacial score (nSPS) is 14.2. The summed E-state index contributed by atoms with van der Waals surface area (Å²) in [6.07, 6.45) is 3.12. The SMILES string of the molecule is O=C(Nc1nc2ccc(F)cc2s1)c1ccc(N2CCCCC2)c([N+](=O)[O-])c1. The van der Waals surface area contributed by atoms with Crippen molar-refractivity contribution in [3.05, 3.63) is 57.9 Å². The highest BCUT2D eigenvalue weighted by Crippen LogP contribution is 2.32. The van der Waals surface area contributed by atoms with E-state index in [1.807, 2.05) is 4.90 Å². The zero-order chi connectivity index (χ0) is 19.7. The molecule has 1 aliphatic heterocycles. The van der Waals surface area contributed by atoms with Gasteiger partial charge in [-0.05, 0) is 49.6 Å². The lowest BCUT2D eigenvalue weighted by atomic mass is 10.1. The van der Waals surface area contributed by atoms with E-state index < -0.39 is 10.8 Å². The molecule has 7 nitrogen and oxygen atoms in total. The number of fused-ring (bicyclic) bond motifs is 1. The third-order valence-corrected chi connectivity index (χ3v) is 5.64. The smallest absolute Gasteiger partial charge is 0.293 e. The quantitative estimate of drug-likeness (QED) is 0.511. The van der Waals surface area contributed by atoms with Crippen molar-refractivity contribution in [2.45, 2.75) is 19.3 Å². The molecule has 4 rings (SSSR count). The number of nitro groups is 1. The average Bonchev–Trinajstić information content (AvgIpc) is 3.09. The topological polar surface area (TPSA) is 88.4 Å². The molecule has 1 aliphatic rings. The number of thiazole rings is 1. The van der Waals surface area contributed by atoms with E-state index in [4.69, 9.17) is 0 Å². The lowest BCUT2D eigenvalue weighted by molar-refractivity contribution is -0.384. The summed E-state index contributed by atoms with van der Waals surface area (Å²) in [4.78, 5) is 29.9. The van der Waals surface area contributed by atoms with Crippen molar-refractivity contribution in [1.29, 1.82) is 0 Å². The molecule has 0 atom stereocenters. The number of hydrogen-bond donors (Lipinski definition) is 1. The van der Waals surface area contributed by atoms with Crippen LogP contribution in [0.1, 0.15) is 29.6 Å². The van der Waals surface area contributed by atoms with Gasteiger partial charge in [0.1, 0.15) is 11.5 Å². The minimum atomic E-state index is -0.493. The number of rotatable bonds is 4. The Kier molecular flexibility index (Phi) is 4.91. The fourth-order valence-corrected chi connectivity index (χ4v) is 4.22. The Morgan fingerprint density at radius 2 is 1.96 bits per heavy atom. The van der Waals surface area contributed by atoms with E-state index >= 15 is 0 Å². The van der Waals surface area contributed by atoms with Gasteiger partial charge in [-0.15, -0.1) is 0 Å². The van der Waals surface area contributed by atoms with Crippen LogP contribution < -0.4 is 10.2 Å². The maximum atomic E-state index is 13.3. The minimum Gasteiger partial charge on any atom is -0.366 e. The summed E-state index contributed by atoms with van der Waals surface area (Å²) in [5.41, 5.74) is 1.21. The van der Waals surface area contributed by atoms with E-state index in [-0.39, 0.29) is 17.1 Å². The van der Waals surface area contributed by atoms with Crippen molar-refractivity contribution in [2.24, 2.45) is 0 Å². The molecule has 0 unspecified atom stereocenters. The van der Waals surface area contributed by atoms with Crippen LogP contribution in [-0.2, 0) is 0 Å². The van der Waals surface area contributed by atoms with Crippen LogP contribution in [0.5, 0.6) is 0 Å². The number of piperidine rings is 1. The third-order valence-electron chi connectivity index (χ3n) is 4.70. The average molecular weight is 400 g/mol. The van der Waals surface area contributed by atoms with E-state index in [1.54, 1.807) is 12.1 Å². The van der Waals surface area contributed by atoms with Crippen LogP contribution in [0, 0.1) is 15.9 Å². The number of carbonyl (C=O) groups excluding carboxylic acids is 1. The summed E-state index contributed by atoms with van der Waals surface area (Å²) in [6, 6.07) is 8.70. The highest BCUT2D eigenvalue weighted by Gasteiger charge is 2.23. The molecule has 2 aromatic carbocycles. The molecule has 2 heterocycles. The van der Waals surface area contributed by atoms with Gasteiger partial charge in [-0.25, -0.2) is 9.37 Å². The Morgan fingerprint density at radius 1 is 1.18 bits per heavy atom. The van der Waals surface area contributed by atoms with Gasteiger partial charge in [-0.1, -0.05) is 11.3 Å². The van der Waals surface area contributed by atoms with Crippen LogP contribution in [0.25, 0.3) is 10.2 Å². The van der Waals surface area contributed by atoms with Crippen LogP contribution in [0.3, 0.4) is 0 Å². The van der Waals surface area contributed by atoms with Crippen LogP contribution >= 0.6 is 11.3 Å². The molecule has 144 valence electrons. The van der Waals surface area contributed by atoms with Gasteiger partial charge in [0, 0.05) is 24.7 Å². The number of benzene rings is 2. The predicted molar refractivity (Wildman–Crippen MR) is 107 cm³/mol. The van der Waals surface area contributed by atoms with Crippen molar-refractivity contribution < 1.29 is 14.1 Å². The van der Waals surface area contributed by atoms with Crippen molar-refractivity contribution in [3.63, 3.8) is 0 Å². The highest BCUT2D eigenvalue weighted by atomic mass is 32.1. The molecule has 0 saturated carbocycles. The van der Waals surface area contributed by atoms with Gasteiger partial charge in [0.2, 0.25) is 0 Å². The molecular weight excluding hydrogens is 383 g/mol. The Hall–Kier alpha value is -3.07. The number of anilines is 2. The van der Waals surface area contributed by atoms with E-state index in [0.717, 1.165) is 43.7 Å². The minimum absolute atomic E-state index is 0.0825.